The van der Waals surface area contributed by atoms with Gasteiger partial charge in [0.1, 0.15) is 11.6 Å². The molecule has 0 bridgehead atoms. The monoisotopic (exact) mass is 342 g/mol. The molecule has 2 aromatic rings. The Morgan fingerprint density at radius 3 is 2.14 bits per heavy atom. The predicted molar refractivity (Wildman–Crippen MR) is 80.8 cm³/mol. The molecule has 1 aliphatic carbocycles. The molecule has 6 heteroatoms. The lowest BCUT2D eigenvalue weighted by atomic mass is 10.0. The van der Waals surface area contributed by atoms with Gasteiger partial charge in [-0.05, 0) is 54.3 Å². The van der Waals surface area contributed by atoms with Crippen LogP contribution in [0.2, 0.25) is 5.02 Å². The molecular formula is C16H13ClF2O2S. The van der Waals surface area contributed by atoms with Crippen LogP contribution < -0.4 is 0 Å². The van der Waals surface area contributed by atoms with Gasteiger partial charge in [-0.3, -0.25) is 0 Å². The Morgan fingerprint density at radius 2 is 1.55 bits per heavy atom. The molecule has 0 aromatic heterocycles. The molecule has 0 N–H and O–H groups in total. The maximum absolute atomic E-state index is 14.2. The third-order valence-electron chi connectivity index (χ3n) is 4.08. The van der Waals surface area contributed by atoms with Crippen molar-refractivity contribution >= 4 is 21.4 Å². The SMILES string of the molecule is CC1CC(S(=O)(=O)c2ccc(Cl)cc2)c2c(F)ccc(F)c21. The fourth-order valence-corrected chi connectivity index (χ4v) is 5.10. The molecule has 0 fully saturated rings. The molecule has 0 aliphatic heterocycles. The summed E-state index contributed by atoms with van der Waals surface area (Å²) in [6.07, 6.45) is 0.165. The predicted octanol–water partition coefficient (Wildman–Crippen LogP) is 4.64. The van der Waals surface area contributed by atoms with Crippen molar-refractivity contribution in [3.63, 3.8) is 0 Å². The van der Waals surface area contributed by atoms with Crippen LogP contribution in [0.5, 0.6) is 0 Å². The van der Waals surface area contributed by atoms with E-state index in [-0.39, 0.29) is 28.4 Å². The van der Waals surface area contributed by atoms with E-state index in [0.717, 1.165) is 12.1 Å². The lowest BCUT2D eigenvalue weighted by Crippen LogP contribution is -2.12. The van der Waals surface area contributed by atoms with Crippen molar-refractivity contribution in [2.45, 2.75) is 29.4 Å². The molecule has 3 rings (SSSR count). The Hall–Kier alpha value is -1.46. The summed E-state index contributed by atoms with van der Waals surface area (Å²) in [6, 6.07) is 7.74. The quantitative estimate of drug-likeness (QED) is 0.796. The van der Waals surface area contributed by atoms with E-state index >= 15 is 0 Å². The summed E-state index contributed by atoms with van der Waals surface area (Å²) in [6.45, 7) is 1.71. The standard InChI is InChI=1S/C16H13ClF2O2S/c1-9-8-14(16-13(19)7-6-12(18)15(9)16)22(20,21)11-4-2-10(17)3-5-11/h2-7,9,14H,8H2,1H3. The van der Waals surface area contributed by atoms with Gasteiger partial charge in [0.25, 0.3) is 0 Å². The Labute approximate surface area is 132 Å². The van der Waals surface area contributed by atoms with E-state index in [9.17, 15) is 17.2 Å². The van der Waals surface area contributed by atoms with E-state index < -0.39 is 26.7 Å². The van der Waals surface area contributed by atoms with E-state index in [1.165, 1.54) is 24.3 Å². The molecule has 116 valence electrons. The minimum absolute atomic E-state index is 0.0394. The molecule has 0 spiro atoms. The first-order valence-corrected chi connectivity index (χ1v) is 8.72. The van der Waals surface area contributed by atoms with Crippen molar-refractivity contribution in [2.75, 3.05) is 0 Å². The van der Waals surface area contributed by atoms with Gasteiger partial charge in [0.15, 0.2) is 9.84 Å². The maximum atomic E-state index is 14.2. The lowest BCUT2D eigenvalue weighted by molar-refractivity contribution is 0.565. The zero-order chi connectivity index (χ0) is 16.1. The van der Waals surface area contributed by atoms with Crippen LogP contribution in [-0.4, -0.2) is 8.42 Å². The lowest BCUT2D eigenvalue weighted by Gasteiger charge is -2.14. The molecule has 0 saturated heterocycles. The van der Waals surface area contributed by atoms with Gasteiger partial charge >= 0.3 is 0 Å². The smallest absolute Gasteiger partial charge is 0.185 e. The molecular weight excluding hydrogens is 330 g/mol. The number of rotatable bonds is 2. The second kappa shape index (κ2) is 5.32. The van der Waals surface area contributed by atoms with Crippen LogP contribution in [0.15, 0.2) is 41.3 Å². The first-order chi connectivity index (χ1) is 10.3. The summed E-state index contributed by atoms with van der Waals surface area (Å²) < 4.78 is 53.7. The van der Waals surface area contributed by atoms with E-state index in [0.29, 0.717) is 5.02 Å². The summed E-state index contributed by atoms with van der Waals surface area (Å²) in [5.41, 5.74) is 0.130. The van der Waals surface area contributed by atoms with Gasteiger partial charge in [0.2, 0.25) is 0 Å². The van der Waals surface area contributed by atoms with Crippen LogP contribution in [0, 0.1) is 11.6 Å². The first-order valence-electron chi connectivity index (χ1n) is 6.79. The fourth-order valence-electron chi connectivity index (χ4n) is 3.04. The Bertz CT molecular complexity index is 832. The van der Waals surface area contributed by atoms with Gasteiger partial charge in [-0.1, -0.05) is 18.5 Å². The normalized spacial score (nSPS) is 20.9. The molecule has 2 atom stereocenters. The van der Waals surface area contributed by atoms with Gasteiger partial charge in [-0.25, -0.2) is 17.2 Å². The summed E-state index contributed by atoms with van der Waals surface area (Å²) in [5, 5.41) is -0.661. The van der Waals surface area contributed by atoms with Gasteiger partial charge in [0.05, 0.1) is 10.1 Å². The average Bonchev–Trinajstić information content (AvgIpc) is 2.83. The highest BCUT2D eigenvalue weighted by Crippen LogP contribution is 2.48. The average molecular weight is 343 g/mol. The van der Waals surface area contributed by atoms with Crippen molar-refractivity contribution in [1.29, 1.82) is 0 Å². The van der Waals surface area contributed by atoms with Gasteiger partial charge in [0, 0.05) is 10.6 Å². The third kappa shape index (κ3) is 2.32. The minimum atomic E-state index is -3.81. The van der Waals surface area contributed by atoms with Gasteiger partial charge < -0.3 is 0 Å². The molecule has 0 radical (unpaired) electrons. The highest BCUT2D eigenvalue weighted by Gasteiger charge is 2.41. The Balaban J connectivity index is 2.16. The van der Waals surface area contributed by atoms with E-state index in [1.807, 2.05) is 0 Å². The number of halogens is 3. The van der Waals surface area contributed by atoms with Crippen molar-refractivity contribution in [3.8, 4) is 0 Å². The third-order valence-corrected chi connectivity index (χ3v) is 6.44. The fraction of sp³-hybridized carbons (Fsp3) is 0.250. The number of hydrogen-bond acceptors (Lipinski definition) is 2. The Morgan fingerprint density at radius 1 is 1.00 bits per heavy atom. The Kier molecular flexibility index (Phi) is 3.73. The first kappa shape index (κ1) is 15.4. The van der Waals surface area contributed by atoms with Crippen molar-refractivity contribution in [2.24, 2.45) is 0 Å². The minimum Gasteiger partial charge on any atom is -0.223 e. The van der Waals surface area contributed by atoms with E-state index in [1.54, 1.807) is 6.92 Å². The van der Waals surface area contributed by atoms with Gasteiger partial charge in [-0.15, -0.1) is 0 Å². The van der Waals surface area contributed by atoms with E-state index in [2.05, 4.69) is 0 Å². The van der Waals surface area contributed by atoms with Crippen LogP contribution in [0.4, 0.5) is 8.78 Å². The van der Waals surface area contributed by atoms with Crippen LogP contribution in [0.25, 0.3) is 0 Å². The van der Waals surface area contributed by atoms with Crippen molar-refractivity contribution in [1.82, 2.24) is 0 Å². The molecule has 2 nitrogen and oxygen atoms in total. The maximum Gasteiger partial charge on any atom is 0.185 e. The topological polar surface area (TPSA) is 34.1 Å². The molecule has 0 heterocycles. The van der Waals surface area contributed by atoms with E-state index in [4.69, 9.17) is 11.6 Å². The number of fused-ring (bicyclic) bond motifs is 1. The second-order valence-electron chi connectivity index (χ2n) is 5.48. The van der Waals surface area contributed by atoms with Crippen LogP contribution in [-0.2, 0) is 9.84 Å². The summed E-state index contributed by atoms with van der Waals surface area (Å²) >= 11 is 5.77. The number of hydrogen-bond donors (Lipinski definition) is 0. The zero-order valence-electron chi connectivity index (χ0n) is 11.7. The van der Waals surface area contributed by atoms with Crippen LogP contribution in [0.1, 0.15) is 35.6 Å². The molecule has 2 unspecified atom stereocenters. The largest absolute Gasteiger partial charge is 0.223 e. The zero-order valence-corrected chi connectivity index (χ0v) is 13.3. The summed E-state index contributed by atoms with van der Waals surface area (Å²) in [5.74, 6) is -1.58. The van der Waals surface area contributed by atoms with Crippen LogP contribution in [0.3, 0.4) is 0 Å². The molecule has 1 aliphatic rings. The number of sulfone groups is 1. The molecule has 22 heavy (non-hydrogen) atoms. The van der Waals surface area contributed by atoms with Crippen molar-refractivity contribution in [3.05, 3.63) is 64.2 Å². The molecule has 0 amide bonds. The highest BCUT2D eigenvalue weighted by molar-refractivity contribution is 7.91. The highest BCUT2D eigenvalue weighted by atomic mass is 35.5. The summed E-state index contributed by atoms with van der Waals surface area (Å²) in [7, 11) is -3.81. The summed E-state index contributed by atoms with van der Waals surface area (Å²) in [4.78, 5) is 0.0608. The van der Waals surface area contributed by atoms with Gasteiger partial charge in [-0.2, -0.15) is 0 Å². The molecule has 0 saturated carbocycles. The molecule has 2 aromatic carbocycles. The van der Waals surface area contributed by atoms with Crippen LogP contribution >= 0.6 is 11.6 Å². The second-order valence-corrected chi connectivity index (χ2v) is 8.05. The van der Waals surface area contributed by atoms with Crippen molar-refractivity contribution < 1.29 is 17.2 Å². The number of benzene rings is 2.